The topological polar surface area (TPSA) is 132 Å². The summed E-state index contributed by atoms with van der Waals surface area (Å²) in [4.78, 5) is 64.9. The number of alkyl halides is 2. The molecule has 11 nitrogen and oxygen atoms in total. The van der Waals surface area contributed by atoms with E-state index in [2.05, 4.69) is 10.3 Å². The molecule has 0 bridgehead atoms. The van der Waals surface area contributed by atoms with Gasteiger partial charge in [-0.1, -0.05) is 13.8 Å². The van der Waals surface area contributed by atoms with Crippen molar-refractivity contribution >= 4 is 35.0 Å². The second-order valence-corrected chi connectivity index (χ2v) is 16.4. The first-order valence-electron chi connectivity index (χ1n) is 17.4. The number of aliphatic hydroxyl groups is 1. The molecule has 48 heavy (non-hydrogen) atoms. The third kappa shape index (κ3) is 7.26. The maximum atomic E-state index is 14.3. The number of halogens is 2. The van der Waals surface area contributed by atoms with Crippen molar-refractivity contribution in [2.75, 3.05) is 45.9 Å². The normalized spacial score (nSPS) is 25.9. The lowest BCUT2D eigenvalue weighted by molar-refractivity contribution is -0.159. The molecule has 3 aliphatic heterocycles. The summed E-state index contributed by atoms with van der Waals surface area (Å²) >= 11 is 1.23. The summed E-state index contributed by atoms with van der Waals surface area (Å²) < 4.78 is 33.6. The molecule has 14 heteroatoms. The van der Waals surface area contributed by atoms with Gasteiger partial charge in [0.05, 0.1) is 29.8 Å². The number of likely N-dealkylation sites (tertiary alicyclic amines) is 3. The molecule has 5 aliphatic rings. The van der Waals surface area contributed by atoms with Crippen molar-refractivity contribution in [3.63, 3.8) is 0 Å². The van der Waals surface area contributed by atoms with Crippen LogP contribution in [0.1, 0.15) is 81.8 Å². The van der Waals surface area contributed by atoms with Crippen LogP contribution in [0.15, 0.2) is 11.7 Å². The second-order valence-electron chi connectivity index (χ2n) is 15.5. The number of ether oxygens (including phenoxy) is 1. The lowest BCUT2D eigenvalue weighted by Gasteiger charge is -2.52. The van der Waals surface area contributed by atoms with Crippen LogP contribution in [0.4, 0.5) is 8.78 Å². The van der Waals surface area contributed by atoms with E-state index in [1.54, 1.807) is 27.1 Å². The van der Waals surface area contributed by atoms with E-state index in [-0.39, 0.29) is 55.5 Å². The fraction of sp³-hybridized carbons (Fsp3) is 0.794. The number of rotatable bonds is 10. The summed E-state index contributed by atoms with van der Waals surface area (Å²) in [5, 5.41) is 13.0. The van der Waals surface area contributed by atoms with E-state index in [9.17, 15) is 33.1 Å². The molecule has 2 N–H and O–H groups in total. The zero-order valence-electron chi connectivity index (χ0n) is 28.2. The van der Waals surface area contributed by atoms with Gasteiger partial charge in [0.2, 0.25) is 23.6 Å². The van der Waals surface area contributed by atoms with Gasteiger partial charge in [-0.2, -0.15) is 0 Å². The SMILES string of the molecule is C[C@@H](OCC1CCC(F)(F)CC1)[C@H](NC(=O)[C@@H]1CN(C(=O)c2cncs2)CC12CN(C(=O)C(C)(C)C1CC1)C2)C(=O)N1CCC(O)CC1. The third-order valence-corrected chi connectivity index (χ3v) is 12.3. The third-order valence-electron chi connectivity index (χ3n) is 11.6. The number of aliphatic hydroxyl groups excluding tert-OH is 1. The monoisotopic (exact) mass is 693 g/mol. The summed E-state index contributed by atoms with van der Waals surface area (Å²) in [5.74, 6) is -3.90. The average molecular weight is 694 g/mol. The van der Waals surface area contributed by atoms with Crippen LogP contribution in [-0.2, 0) is 19.1 Å². The lowest BCUT2D eigenvalue weighted by Crippen LogP contribution is -2.67. The first kappa shape index (κ1) is 35.1. The van der Waals surface area contributed by atoms with Gasteiger partial charge in [-0.3, -0.25) is 24.2 Å². The predicted molar refractivity (Wildman–Crippen MR) is 173 cm³/mol. The molecule has 0 radical (unpaired) electrons. The Kier molecular flexibility index (Phi) is 9.91. The van der Waals surface area contributed by atoms with E-state index in [1.165, 1.54) is 17.5 Å². The summed E-state index contributed by atoms with van der Waals surface area (Å²) in [6, 6.07) is -1.05. The molecule has 5 fully saturated rings. The summed E-state index contributed by atoms with van der Waals surface area (Å²) in [7, 11) is 0. The molecule has 4 amide bonds. The second kappa shape index (κ2) is 13.5. The number of aromatic nitrogens is 1. The molecule has 2 saturated carbocycles. The van der Waals surface area contributed by atoms with Crippen molar-refractivity contribution < 1.29 is 37.8 Å². The van der Waals surface area contributed by atoms with Gasteiger partial charge in [-0.05, 0) is 57.3 Å². The lowest BCUT2D eigenvalue weighted by atomic mass is 9.69. The molecule has 1 aromatic rings. The number of hydrogen-bond acceptors (Lipinski definition) is 8. The minimum Gasteiger partial charge on any atom is -0.393 e. The number of nitrogens with zero attached hydrogens (tertiary/aromatic N) is 4. The van der Waals surface area contributed by atoms with Crippen molar-refractivity contribution in [2.24, 2.45) is 28.6 Å². The molecule has 266 valence electrons. The number of carbonyl (C=O) groups excluding carboxylic acids is 4. The van der Waals surface area contributed by atoms with Crippen LogP contribution < -0.4 is 5.32 Å². The largest absolute Gasteiger partial charge is 0.393 e. The van der Waals surface area contributed by atoms with Gasteiger partial charge < -0.3 is 29.9 Å². The van der Waals surface area contributed by atoms with Crippen LogP contribution in [0.25, 0.3) is 0 Å². The minimum absolute atomic E-state index is 0.0601. The zero-order valence-corrected chi connectivity index (χ0v) is 29.0. The smallest absolute Gasteiger partial charge is 0.265 e. The fourth-order valence-electron chi connectivity index (χ4n) is 8.09. The summed E-state index contributed by atoms with van der Waals surface area (Å²) in [5.41, 5.74) is 0.430. The predicted octanol–water partition coefficient (Wildman–Crippen LogP) is 3.18. The standard InChI is InChI=1S/C34H49F2N5O6S/c1-21(47-16-22-6-10-34(35,36)11-7-22)27(30(45)39-12-8-24(42)9-13-39)38-28(43)25-15-40(29(44)26-14-37-20-48-26)17-33(25)18-41(19-33)31(46)32(2,3)23-4-5-23/h14,20-25,27,42H,4-13,15-19H2,1-3H3,(H,38,43)/t21-,25+,27+/m1/s1. The summed E-state index contributed by atoms with van der Waals surface area (Å²) in [6.45, 7) is 7.68. The van der Waals surface area contributed by atoms with Gasteiger partial charge in [0.15, 0.2) is 0 Å². The van der Waals surface area contributed by atoms with Gasteiger partial charge in [0.25, 0.3) is 5.91 Å². The maximum absolute atomic E-state index is 14.3. The van der Waals surface area contributed by atoms with Crippen LogP contribution in [0.5, 0.6) is 0 Å². The van der Waals surface area contributed by atoms with Crippen molar-refractivity contribution in [1.29, 1.82) is 0 Å². The molecule has 1 aromatic heterocycles. The highest BCUT2D eigenvalue weighted by Crippen LogP contribution is 2.50. The van der Waals surface area contributed by atoms with Crippen molar-refractivity contribution in [3.05, 3.63) is 16.6 Å². The first-order chi connectivity index (χ1) is 22.7. The van der Waals surface area contributed by atoms with E-state index in [0.717, 1.165) is 12.8 Å². The highest BCUT2D eigenvalue weighted by molar-refractivity contribution is 7.11. The maximum Gasteiger partial charge on any atom is 0.265 e. The van der Waals surface area contributed by atoms with Crippen molar-refractivity contribution in [2.45, 2.75) is 96.3 Å². The average Bonchev–Trinajstić information content (AvgIpc) is 3.61. The van der Waals surface area contributed by atoms with Gasteiger partial charge in [0, 0.05) is 69.5 Å². The molecule has 3 saturated heterocycles. The van der Waals surface area contributed by atoms with E-state index >= 15 is 0 Å². The van der Waals surface area contributed by atoms with Crippen molar-refractivity contribution in [1.82, 2.24) is 25.0 Å². The highest BCUT2D eigenvalue weighted by atomic mass is 32.1. The van der Waals surface area contributed by atoms with Gasteiger partial charge in [-0.15, -0.1) is 11.3 Å². The van der Waals surface area contributed by atoms with E-state index in [0.29, 0.717) is 69.2 Å². The Morgan fingerprint density at radius 1 is 1.04 bits per heavy atom. The molecule has 2 aliphatic carbocycles. The van der Waals surface area contributed by atoms with Crippen LogP contribution in [-0.4, -0.2) is 118 Å². The number of hydrogen-bond donors (Lipinski definition) is 2. The molecule has 6 rings (SSSR count). The number of piperidine rings is 1. The Labute approximate surface area is 284 Å². The number of carbonyl (C=O) groups is 4. The molecule has 1 spiro atoms. The van der Waals surface area contributed by atoms with Crippen LogP contribution in [0, 0.1) is 28.6 Å². The Hall–Kier alpha value is -2.71. The Morgan fingerprint density at radius 3 is 2.29 bits per heavy atom. The van der Waals surface area contributed by atoms with E-state index in [1.807, 2.05) is 13.8 Å². The number of nitrogens with one attached hydrogen (secondary N) is 1. The van der Waals surface area contributed by atoms with Gasteiger partial charge in [0.1, 0.15) is 10.9 Å². The van der Waals surface area contributed by atoms with Crippen LogP contribution in [0.3, 0.4) is 0 Å². The van der Waals surface area contributed by atoms with Gasteiger partial charge >= 0.3 is 0 Å². The number of amides is 4. The van der Waals surface area contributed by atoms with E-state index < -0.39 is 40.9 Å². The molecule has 0 unspecified atom stereocenters. The summed E-state index contributed by atoms with van der Waals surface area (Å²) in [6.07, 6.45) is 3.46. The zero-order chi connectivity index (χ0) is 34.4. The molecule has 3 atom stereocenters. The molecule has 0 aromatic carbocycles. The molecular formula is C34H49F2N5O6S. The fourth-order valence-corrected chi connectivity index (χ4v) is 8.68. The van der Waals surface area contributed by atoms with Gasteiger partial charge in [-0.25, -0.2) is 8.78 Å². The molecular weight excluding hydrogens is 644 g/mol. The van der Waals surface area contributed by atoms with Crippen LogP contribution >= 0.6 is 11.3 Å². The molecule has 4 heterocycles. The Balaban J connectivity index is 1.19. The highest BCUT2D eigenvalue weighted by Gasteiger charge is 2.61. The van der Waals surface area contributed by atoms with Crippen molar-refractivity contribution in [3.8, 4) is 0 Å². The van der Waals surface area contributed by atoms with Crippen LogP contribution in [0.2, 0.25) is 0 Å². The Bertz CT molecular complexity index is 1350. The minimum atomic E-state index is -2.66. The number of thiazole rings is 1. The van der Waals surface area contributed by atoms with E-state index in [4.69, 9.17) is 4.74 Å². The quantitative estimate of drug-likeness (QED) is 0.385. The first-order valence-corrected chi connectivity index (χ1v) is 18.3. The Morgan fingerprint density at radius 2 is 1.69 bits per heavy atom.